The van der Waals surface area contributed by atoms with E-state index in [9.17, 15) is 0 Å². The Hall–Kier alpha value is -6.40. The lowest BCUT2D eigenvalue weighted by atomic mass is 9.33. The Morgan fingerprint density at radius 3 is 1.49 bits per heavy atom. The summed E-state index contributed by atoms with van der Waals surface area (Å²) in [6, 6.07) is 61.5. The largest absolute Gasteiger partial charge is 0.310 e. The first kappa shape index (κ1) is 48.0. The van der Waals surface area contributed by atoms with Crippen molar-refractivity contribution < 1.29 is 0 Å². The van der Waals surface area contributed by atoms with E-state index in [0.717, 1.165) is 0 Å². The van der Waals surface area contributed by atoms with Gasteiger partial charge in [-0.05, 0) is 99.0 Å². The van der Waals surface area contributed by atoms with E-state index in [2.05, 4.69) is 270 Å². The molecule has 14 rings (SSSR count). The molecular weight excluding hydrogens is 948 g/mol. The number of hydrogen-bond donors (Lipinski definition) is 0. The minimum atomic E-state index is -2.11. The van der Waals surface area contributed by atoms with Crippen LogP contribution in [0.1, 0.15) is 116 Å². The lowest BCUT2D eigenvalue weighted by Crippen LogP contribution is -2.62. The van der Waals surface area contributed by atoms with E-state index in [4.69, 9.17) is 0 Å². The number of fused-ring (bicyclic) bond motifs is 11. The summed E-state index contributed by atoms with van der Waals surface area (Å²) in [4.78, 5) is 0. The second kappa shape index (κ2) is 15.0. The van der Waals surface area contributed by atoms with E-state index >= 15 is 0 Å². The van der Waals surface area contributed by atoms with Gasteiger partial charge in [0.1, 0.15) is 0 Å². The molecule has 1 aliphatic carbocycles. The topological polar surface area (TPSA) is 9.86 Å². The van der Waals surface area contributed by atoms with Crippen LogP contribution in [0, 0.1) is 0 Å². The zero-order valence-corrected chi connectivity index (χ0v) is 49.9. The molecule has 5 heterocycles. The summed E-state index contributed by atoms with van der Waals surface area (Å²) in [5.41, 5.74) is 26.8. The summed E-state index contributed by atoms with van der Waals surface area (Å²) in [6.45, 7) is 39.5. The molecule has 3 aliphatic heterocycles. The first-order chi connectivity index (χ1) is 35.8. The van der Waals surface area contributed by atoms with Gasteiger partial charge in [-0.3, -0.25) is 0 Å². The highest BCUT2D eigenvalue weighted by Gasteiger charge is 2.55. The van der Waals surface area contributed by atoms with Gasteiger partial charge in [0.05, 0.1) is 32.8 Å². The summed E-state index contributed by atoms with van der Waals surface area (Å²) >= 11 is 0. The molecule has 2 nitrogen and oxygen atoms in total. The standard InChI is InChI=1S/C71H73BN2Si2/c1-67(2,3)44-32-28-42(29-33-44)60-50-24-21-27-57-64(50)73(62(60)43-30-34-45(35-31-43)68(4,5)6)59-37-36-55-66-61(59)72(57)58-41-47(76(15,16)70(10,11)12)39-52-51-38-46(75(13,14)69(7,8)9)40-56(63(51)74(66)65(52)58)71(55)53-25-19-17-22-48(53)49-23-18-20-26-54(49)71/h17-41H,1-16H3. The van der Waals surface area contributed by atoms with Gasteiger partial charge >= 0.3 is 0 Å². The van der Waals surface area contributed by atoms with E-state index in [0.29, 0.717) is 0 Å². The Morgan fingerprint density at radius 1 is 0.421 bits per heavy atom. The van der Waals surface area contributed by atoms with Crippen molar-refractivity contribution in [1.82, 2.24) is 9.13 Å². The molecule has 0 saturated heterocycles. The molecule has 378 valence electrons. The monoisotopic (exact) mass is 1020 g/mol. The summed E-state index contributed by atoms with van der Waals surface area (Å²) in [7, 11) is -4.22. The van der Waals surface area contributed by atoms with Gasteiger partial charge in [-0.15, -0.1) is 0 Å². The maximum atomic E-state index is 2.83. The molecule has 76 heavy (non-hydrogen) atoms. The second-order valence-electron chi connectivity index (χ2n) is 28.6. The second-order valence-corrected chi connectivity index (χ2v) is 39.2. The van der Waals surface area contributed by atoms with Crippen molar-refractivity contribution in [3.63, 3.8) is 0 Å². The maximum absolute atomic E-state index is 2.83. The van der Waals surface area contributed by atoms with Gasteiger partial charge in [-0.1, -0.05) is 265 Å². The highest BCUT2D eigenvalue weighted by atomic mass is 28.3. The van der Waals surface area contributed by atoms with Gasteiger partial charge in [0.15, 0.2) is 0 Å². The first-order valence-corrected chi connectivity index (χ1v) is 34.2. The van der Waals surface area contributed by atoms with Crippen LogP contribution in [-0.2, 0) is 16.2 Å². The van der Waals surface area contributed by atoms with E-state index < -0.39 is 21.6 Å². The Bertz CT molecular complexity index is 4140. The third kappa shape index (κ3) is 5.94. The van der Waals surface area contributed by atoms with Crippen LogP contribution in [0.25, 0.3) is 77.6 Å². The minimum absolute atomic E-state index is 0.0117. The van der Waals surface area contributed by atoms with E-state index in [-0.39, 0.29) is 27.6 Å². The van der Waals surface area contributed by atoms with Crippen LogP contribution in [0.15, 0.2) is 152 Å². The first-order valence-electron chi connectivity index (χ1n) is 28.2. The Morgan fingerprint density at radius 2 is 0.934 bits per heavy atom. The minimum Gasteiger partial charge on any atom is -0.310 e. The summed E-state index contributed by atoms with van der Waals surface area (Å²) in [5, 5.41) is 7.56. The number of benzene rings is 8. The van der Waals surface area contributed by atoms with Gasteiger partial charge in [-0.2, -0.15) is 0 Å². The summed E-state index contributed by atoms with van der Waals surface area (Å²) in [6.07, 6.45) is 0. The van der Waals surface area contributed by atoms with Crippen molar-refractivity contribution in [2.24, 2.45) is 0 Å². The smallest absolute Gasteiger partial charge is 0.252 e. The predicted octanol–water partition coefficient (Wildman–Crippen LogP) is 15.9. The Balaban J connectivity index is 1.21. The van der Waals surface area contributed by atoms with Crippen LogP contribution < -0.4 is 26.8 Å². The fourth-order valence-corrected chi connectivity index (χ4v) is 18.1. The quantitative estimate of drug-likeness (QED) is 0.156. The number of para-hydroxylation sites is 1. The van der Waals surface area contributed by atoms with Gasteiger partial charge in [0, 0.05) is 44.1 Å². The van der Waals surface area contributed by atoms with Crippen LogP contribution in [-0.4, -0.2) is 32.0 Å². The molecule has 4 aliphatic rings. The van der Waals surface area contributed by atoms with Crippen LogP contribution in [0.5, 0.6) is 0 Å². The molecule has 2 aromatic heterocycles. The van der Waals surface area contributed by atoms with E-state index in [1.807, 2.05) is 0 Å². The van der Waals surface area contributed by atoms with Crippen LogP contribution in [0.4, 0.5) is 0 Å². The maximum Gasteiger partial charge on any atom is 0.252 e. The molecule has 0 bridgehead atoms. The van der Waals surface area contributed by atoms with Crippen molar-refractivity contribution >= 4 is 82.3 Å². The zero-order chi connectivity index (χ0) is 53.3. The van der Waals surface area contributed by atoms with Crippen molar-refractivity contribution in [2.45, 2.75) is 136 Å². The molecule has 8 aromatic carbocycles. The number of hydrogen-bond acceptors (Lipinski definition) is 0. The molecular formula is C71H73BN2Si2. The molecule has 0 amide bonds. The van der Waals surface area contributed by atoms with Gasteiger partial charge in [0.2, 0.25) is 0 Å². The average Bonchev–Trinajstić information content (AvgIpc) is 3.69. The van der Waals surface area contributed by atoms with Crippen LogP contribution >= 0.6 is 0 Å². The molecule has 10 aromatic rings. The molecule has 1 spiro atoms. The van der Waals surface area contributed by atoms with Gasteiger partial charge in [0.25, 0.3) is 6.71 Å². The van der Waals surface area contributed by atoms with Gasteiger partial charge in [-0.25, -0.2) is 0 Å². The summed E-state index contributed by atoms with van der Waals surface area (Å²) in [5.74, 6) is 0. The normalized spacial score (nSPS) is 15.2. The SMILES string of the molecule is CC(C)(C)c1ccc(-c2c(-c3ccc(C(C)(C)C)cc3)n3c4c(cccc24)B2c4c-3ccc3c4-n4c5c2cc([Si](C)(C)C(C)(C)C)cc5c2cc([Si](C)(C)C(C)(C)C)cc(c24)C32c3ccccc3-c3ccccc32)cc1. The lowest BCUT2D eigenvalue weighted by Gasteiger charge is -2.45. The van der Waals surface area contributed by atoms with E-state index in [1.54, 1.807) is 10.4 Å². The molecule has 0 fully saturated rings. The average molecular weight is 1020 g/mol. The third-order valence-corrected chi connectivity index (χ3v) is 31.6. The molecule has 0 radical (unpaired) electrons. The predicted molar refractivity (Wildman–Crippen MR) is 335 cm³/mol. The lowest BCUT2D eigenvalue weighted by molar-refractivity contribution is 0.590. The fraction of sp³-hybridized carbons (Fsp3) is 0.296. The highest BCUT2D eigenvalue weighted by molar-refractivity contribution is 7.01. The fourth-order valence-electron chi connectivity index (χ4n) is 14.3. The molecule has 0 unspecified atom stereocenters. The molecule has 0 saturated carbocycles. The highest BCUT2D eigenvalue weighted by Crippen LogP contribution is 2.62. The number of nitrogens with zero attached hydrogens (tertiary/aromatic N) is 2. The van der Waals surface area contributed by atoms with E-state index in [1.165, 1.54) is 127 Å². The molecule has 0 atom stereocenters. The van der Waals surface area contributed by atoms with Crippen molar-refractivity contribution in [1.29, 1.82) is 0 Å². The van der Waals surface area contributed by atoms with Crippen molar-refractivity contribution in [2.75, 3.05) is 0 Å². The zero-order valence-electron chi connectivity index (χ0n) is 47.9. The van der Waals surface area contributed by atoms with Crippen molar-refractivity contribution in [3.05, 3.63) is 185 Å². The Kier molecular flexibility index (Phi) is 9.47. The Labute approximate surface area is 454 Å². The summed E-state index contributed by atoms with van der Waals surface area (Å²) < 4.78 is 5.56. The molecule has 5 heteroatoms. The molecule has 0 N–H and O–H groups in total. The number of aromatic nitrogens is 2. The van der Waals surface area contributed by atoms with Crippen LogP contribution in [0.2, 0.25) is 36.3 Å². The van der Waals surface area contributed by atoms with Crippen LogP contribution in [0.3, 0.4) is 0 Å². The third-order valence-electron chi connectivity index (χ3n) is 20.6. The van der Waals surface area contributed by atoms with Gasteiger partial charge < -0.3 is 9.13 Å². The number of rotatable bonds is 4. The van der Waals surface area contributed by atoms with Crippen molar-refractivity contribution in [3.8, 4) is 44.9 Å².